The fraction of sp³-hybridized carbons (Fsp3) is 0.417. The molecule has 2 nitrogen and oxygen atoms in total. The zero-order valence-corrected chi connectivity index (χ0v) is 8.29. The van der Waals surface area contributed by atoms with E-state index in [1.165, 1.54) is 18.0 Å². The van der Waals surface area contributed by atoms with Gasteiger partial charge in [-0.15, -0.1) is 0 Å². The lowest BCUT2D eigenvalue weighted by Crippen LogP contribution is -2.43. The van der Waals surface area contributed by atoms with Crippen molar-refractivity contribution in [2.45, 2.75) is 6.42 Å². The Morgan fingerprint density at radius 1 is 1.57 bits per heavy atom. The zero-order chi connectivity index (χ0) is 9.54. The normalized spacial score (nSPS) is 26.3. The number of fused-ring (bicyclic) bond motifs is 1. The molecule has 2 saturated heterocycles. The zero-order valence-electron chi connectivity index (χ0n) is 8.29. The molecule has 1 N–H and O–H groups in total. The van der Waals surface area contributed by atoms with Crippen molar-refractivity contribution in [1.29, 1.82) is 0 Å². The number of hydrogen-bond acceptors (Lipinski definition) is 1. The number of nitrogens with zero attached hydrogens (tertiary/aromatic N) is 1. The van der Waals surface area contributed by atoms with Gasteiger partial charge in [0.1, 0.15) is 6.54 Å². The van der Waals surface area contributed by atoms with Gasteiger partial charge in [0.05, 0.1) is 6.72 Å². The Morgan fingerprint density at radius 2 is 2.43 bits per heavy atom. The van der Waals surface area contributed by atoms with Crippen LogP contribution < -0.4 is 5.32 Å². The maximum Gasteiger partial charge on any atom is 0.121 e. The molecule has 0 atom stereocenters. The fourth-order valence-electron chi connectivity index (χ4n) is 2.42. The molecular formula is C12H15N2-. The van der Waals surface area contributed by atoms with Crippen LogP contribution in [0.15, 0.2) is 23.3 Å². The minimum absolute atomic E-state index is 0.747. The molecule has 0 radical (unpaired) electrons. The topological polar surface area (TPSA) is 15.0 Å². The Kier molecular flexibility index (Phi) is 1.71. The third-order valence-electron chi connectivity index (χ3n) is 3.38. The van der Waals surface area contributed by atoms with Crippen LogP contribution in [-0.4, -0.2) is 30.9 Å². The van der Waals surface area contributed by atoms with Crippen molar-refractivity contribution in [3.8, 4) is 0 Å². The molecule has 0 aromatic rings. The van der Waals surface area contributed by atoms with Crippen molar-refractivity contribution in [2.24, 2.45) is 5.92 Å². The summed E-state index contributed by atoms with van der Waals surface area (Å²) in [6.07, 6.45) is 7.80. The molecule has 2 aliphatic heterocycles. The maximum atomic E-state index is 4.04. The Balaban J connectivity index is 1.94. The van der Waals surface area contributed by atoms with Crippen LogP contribution in [0.5, 0.6) is 0 Å². The van der Waals surface area contributed by atoms with E-state index in [1.807, 2.05) is 0 Å². The van der Waals surface area contributed by atoms with Crippen LogP contribution in [0, 0.1) is 18.4 Å². The van der Waals surface area contributed by atoms with E-state index in [0.717, 1.165) is 25.6 Å². The van der Waals surface area contributed by atoms with Gasteiger partial charge < -0.3 is 9.89 Å². The van der Waals surface area contributed by atoms with Gasteiger partial charge in [0.15, 0.2) is 0 Å². The van der Waals surface area contributed by atoms with E-state index in [2.05, 4.69) is 35.2 Å². The second kappa shape index (κ2) is 2.92. The maximum absolute atomic E-state index is 4.04. The average molecular weight is 187 g/mol. The van der Waals surface area contributed by atoms with Crippen LogP contribution in [0.25, 0.3) is 0 Å². The lowest BCUT2D eigenvalue weighted by atomic mass is 9.82. The molecule has 2 fully saturated rings. The molecular weight excluding hydrogens is 172 g/mol. The first-order chi connectivity index (χ1) is 6.86. The summed E-state index contributed by atoms with van der Waals surface area (Å²) in [5.74, 6) is 0.747. The summed E-state index contributed by atoms with van der Waals surface area (Å²) in [6, 6.07) is 1.34. The van der Waals surface area contributed by atoms with E-state index >= 15 is 0 Å². The van der Waals surface area contributed by atoms with Gasteiger partial charge in [-0.2, -0.15) is 11.6 Å². The van der Waals surface area contributed by atoms with Gasteiger partial charge in [-0.3, -0.25) is 0 Å². The van der Waals surface area contributed by atoms with Gasteiger partial charge in [0.25, 0.3) is 0 Å². The number of hydrogen-bond donors (Lipinski definition) is 1. The highest BCUT2D eigenvalue weighted by Crippen LogP contribution is 2.38. The van der Waals surface area contributed by atoms with Crippen LogP contribution in [0.1, 0.15) is 6.42 Å². The predicted octanol–water partition coefficient (Wildman–Crippen LogP) is 0.925. The molecule has 3 rings (SSSR count). The van der Waals surface area contributed by atoms with E-state index in [0.29, 0.717) is 0 Å². The first kappa shape index (κ1) is 8.18. The largest absolute Gasteiger partial charge is 0.317 e. The van der Waals surface area contributed by atoms with Gasteiger partial charge in [0, 0.05) is 6.04 Å². The Morgan fingerprint density at radius 3 is 3.14 bits per heavy atom. The highest BCUT2D eigenvalue weighted by Gasteiger charge is 2.25. The average Bonchev–Trinajstić information content (AvgIpc) is 2.47. The second-order valence-electron chi connectivity index (χ2n) is 4.21. The number of rotatable bonds is 1. The third kappa shape index (κ3) is 1.04. The molecule has 0 bridgehead atoms. The van der Waals surface area contributed by atoms with Gasteiger partial charge in [-0.25, -0.2) is 18.1 Å². The van der Waals surface area contributed by atoms with Crippen LogP contribution >= 0.6 is 0 Å². The molecule has 2 heteroatoms. The summed E-state index contributed by atoms with van der Waals surface area (Å²) in [5.41, 5.74) is 3.08. The Hall–Kier alpha value is -1.15. The lowest BCUT2D eigenvalue weighted by molar-refractivity contribution is -0.475. The van der Waals surface area contributed by atoms with Crippen molar-refractivity contribution in [1.82, 2.24) is 5.32 Å². The SMILES string of the molecule is C=[N+]1CCC2=C(C3CNC3)[CH-]C=C[C-]21. The molecule has 1 aliphatic carbocycles. The molecule has 0 unspecified atom stereocenters. The molecule has 74 valence electrons. The monoisotopic (exact) mass is 187 g/mol. The van der Waals surface area contributed by atoms with E-state index in [4.69, 9.17) is 0 Å². The molecule has 0 amide bonds. The van der Waals surface area contributed by atoms with Crippen molar-refractivity contribution in [3.05, 3.63) is 35.8 Å². The Labute approximate surface area is 85.0 Å². The molecule has 0 spiro atoms. The van der Waals surface area contributed by atoms with Crippen molar-refractivity contribution < 1.29 is 4.58 Å². The summed E-state index contributed by atoms with van der Waals surface area (Å²) < 4.78 is 2.12. The third-order valence-corrected chi connectivity index (χ3v) is 3.38. The summed E-state index contributed by atoms with van der Waals surface area (Å²) in [6.45, 7) is 7.41. The molecule has 14 heavy (non-hydrogen) atoms. The standard InChI is InChI=1S/C12H15N2/c1-14-6-5-11-10(9-7-13-8-9)3-2-4-12(11)14/h2-4,9,13H,1,5-8H2/q-1. The summed E-state index contributed by atoms with van der Waals surface area (Å²) in [7, 11) is 0. The number of allylic oxidation sites excluding steroid dienone is 1. The van der Waals surface area contributed by atoms with Gasteiger partial charge in [-0.05, 0) is 25.4 Å². The quantitative estimate of drug-likeness (QED) is 0.476. The van der Waals surface area contributed by atoms with Crippen molar-refractivity contribution in [3.63, 3.8) is 0 Å². The van der Waals surface area contributed by atoms with E-state index in [1.54, 1.807) is 5.57 Å². The highest BCUT2D eigenvalue weighted by atomic mass is 15.0. The number of nitrogens with one attached hydrogen (secondary N) is 1. The minimum Gasteiger partial charge on any atom is -0.317 e. The second-order valence-corrected chi connectivity index (χ2v) is 4.21. The van der Waals surface area contributed by atoms with E-state index in [-0.39, 0.29) is 0 Å². The van der Waals surface area contributed by atoms with Crippen LogP contribution in [-0.2, 0) is 0 Å². The van der Waals surface area contributed by atoms with Crippen LogP contribution in [0.3, 0.4) is 0 Å². The van der Waals surface area contributed by atoms with E-state index < -0.39 is 0 Å². The lowest BCUT2D eigenvalue weighted by Gasteiger charge is -2.41. The fourth-order valence-corrected chi connectivity index (χ4v) is 2.42. The molecule has 2 heterocycles. The first-order valence-corrected chi connectivity index (χ1v) is 5.27. The molecule has 3 aliphatic rings. The molecule has 0 aromatic heterocycles. The van der Waals surface area contributed by atoms with Crippen LogP contribution in [0.2, 0.25) is 0 Å². The van der Waals surface area contributed by atoms with E-state index in [9.17, 15) is 0 Å². The first-order valence-electron chi connectivity index (χ1n) is 5.27. The van der Waals surface area contributed by atoms with Crippen LogP contribution in [0.4, 0.5) is 0 Å². The summed E-state index contributed by atoms with van der Waals surface area (Å²) in [4.78, 5) is 0. The van der Waals surface area contributed by atoms with Crippen molar-refractivity contribution >= 4 is 6.72 Å². The van der Waals surface area contributed by atoms with Crippen molar-refractivity contribution in [2.75, 3.05) is 19.6 Å². The Bertz CT molecular complexity index is 334. The van der Waals surface area contributed by atoms with Gasteiger partial charge >= 0.3 is 0 Å². The predicted molar refractivity (Wildman–Crippen MR) is 56.9 cm³/mol. The summed E-state index contributed by atoms with van der Waals surface area (Å²) in [5, 5.41) is 3.33. The smallest absolute Gasteiger partial charge is 0.121 e. The highest BCUT2D eigenvalue weighted by molar-refractivity contribution is 5.48. The minimum atomic E-state index is 0.747. The van der Waals surface area contributed by atoms with Gasteiger partial charge in [-0.1, -0.05) is 0 Å². The van der Waals surface area contributed by atoms with Gasteiger partial charge in [0.2, 0.25) is 0 Å². The summed E-state index contributed by atoms with van der Waals surface area (Å²) >= 11 is 0. The molecule has 0 saturated carbocycles. The molecule has 0 aromatic carbocycles.